The average molecular weight is 255 g/mol. The Bertz CT molecular complexity index is 6.00. The maximum atomic E-state index is 0. The number of hydrogen-bond acceptors (Lipinski definition) is 0. The predicted molar refractivity (Wildman–Crippen MR) is 1.37 cm³/mol. The minimum Gasteiger partial charge on any atom is -2.00 e. The molecule has 0 aliphatic carbocycles. The Kier molecular flexibility index (Phi) is 246. The fraction of sp³-hybridized carbons (Fsp3) is 0. The van der Waals surface area contributed by atoms with Crippen molar-refractivity contribution in [3.63, 3.8) is 0 Å². The van der Waals surface area contributed by atoms with Gasteiger partial charge in [0.1, 0.15) is 0 Å². The Hall–Kier alpha value is 1.69. The molecule has 0 rings (SSSR count). The molecule has 0 unspecified atom stereocenters. The van der Waals surface area contributed by atoms with Crippen molar-refractivity contribution in [3.05, 3.63) is 0 Å². The van der Waals surface area contributed by atoms with Crippen LogP contribution in [0.25, 0.3) is 0 Å². The van der Waals surface area contributed by atoms with Crippen LogP contribution in [0, 0.1) is 37.3 Å². The van der Waals surface area contributed by atoms with Crippen LogP contribution < -0.4 is 0 Å². The fourth-order valence-corrected chi connectivity index (χ4v) is 0. The zero-order valence-electron chi connectivity index (χ0n) is 1.46. The van der Waals surface area contributed by atoms with Gasteiger partial charge in [0.2, 0.25) is 0 Å². The molecule has 0 saturated carbocycles. The molecular weight excluding hydrogens is 255 g/mol. The van der Waals surface area contributed by atoms with E-state index in [1.54, 1.807) is 0 Å². The number of rotatable bonds is 0. The van der Waals surface area contributed by atoms with Gasteiger partial charge in [0.15, 0.2) is 0 Å². The zero-order valence-corrected chi connectivity index (χ0v) is 4.42. The van der Waals surface area contributed by atoms with Gasteiger partial charge in [-0.1, -0.05) is 0 Å². The average Bonchev–Trinajstić information content (AvgIpc) is 0. The van der Waals surface area contributed by atoms with E-state index in [9.17, 15) is 0 Å². The molecule has 0 aromatic heterocycles. The molecular formula is ErFeO2+. The van der Waals surface area contributed by atoms with E-state index >= 15 is 0 Å². The largest absolute Gasteiger partial charge is 3.00 e. The molecule has 2 nitrogen and oxygen atoms in total. The smallest absolute Gasteiger partial charge is 2.00 e. The maximum Gasteiger partial charge on any atom is 3.00 e. The molecule has 0 fully saturated rings. The summed E-state index contributed by atoms with van der Waals surface area (Å²) in [5.74, 6) is 0. The van der Waals surface area contributed by atoms with Crippen LogP contribution in [0.1, 0.15) is 0 Å². The first kappa shape index (κ1) is 43.9. The molecule has 31 valence electrons. The molecule has 0 bridgehead atoms. The van der Waals surface area contributed by atoms with Crippen molar-refractivity contribution in [2.45, 2.75) is 0 Å². The molecule has 4 heavy (non-hydrogen) atoms. The molecule has 0 aromatic carbocycles. The van der Waals surface area contributed by atoms with Crippen molar-refractivity contribution in [1.82, 2.24) is 0 Å². The van der Waals surface area contributed by atoms with Crippen LogP contribution in [0.15, 0.2) is 0 Å². The van der Waals surface area contributed by atoms with Crippen LogP contribution in [0.5, 0.6) is 0 Å². The summed E-state index contributed by atoms with van der Waals surface area (Å²) in [5.41, 5.74) is 0. The summed E-state index contributed by atoms with van der Waals surface area (Å²) in [4.78, 5) is 0. The van der Waals surface area contributed by atoms with Crippen LogP contribution in [0.3, 0.4) is 0 Å². The first-order valence-corrected chi connectivity index (χ1v) is 0. The van der Waals surface area contributed by atoms with Gasteiger partial charge in [0.05, 0.1) is 0 Å². The molecule has 1 radical (unpaired) electrons. The van der Waals surface area contributed by atoms with Gasteiger partial charge < -0.3 is 11.0 Å². The van der Waals surface area contributed by atoms with Gasteiger partial charge in [0, 0.05) is 0 Å². The van der Waals surface area contributed by atoms with Gasteiger partial charge in [-0.25, -0.2) is 0 Å². The summed E-state index contributed by atoms with van der Waals surface area (Å²) in [5, 5.41) is 0. The molecule has 0 aliphatic heterocycles. The summed E-state index contributed by atoms with van der Waals surface area (Å²) in [7, 11) is 0. The van der Waals surface area contributed by atoms with Gasteiger partial charge in [-0.05, 0) is 0 Å². The van der Waals surface area contributed by atoms with E-state index in [4.69, 9.17) is 0 Å². The fourth-order valence-electron chi connectivity index (χ4n) is 0. The van der Waals surface area contributed by atoms with Gasteiger partial charge in [-0.2, -0.15) is 0 Å². The second kappa shape index (κ2) is 22.4. The van der Waals surface area contributed by atoms with E-state index in [0.717, 1.165) is 0 Å². The van der Waals surface area contributed by atoms with Crippen LogP contribution >= 0.6 is 0 Å². The normalized spacial score (nSPS) is 0. The monoisotopic (exact) mass is 254 g/mol. The molecule has 0 N–H and O–H groups in total. The van der Waals surface area contributed by atoms with Crippen molar-refractivity contribution in [2.75, 3.05) is 0 Å². The Morgan fingerprint density at radius 3 is 0.750 bits per heavy atom. The molecule has 0 aliphatic rings. The van der Waals surface area contributed by atoms with Gasteiger partial charge in [0.25, 0.3) is 0 Å². The van der Waals surface area contributed by atoms with E-state index in [-0.39, 0.29) is 65.3 Å². The predicted octanol–water partition coefficient (Wildman–Crippen LogP) is -0.240. The Balaban J connectivity index is 0. The second-order valence-corrected chi connectivity index (χ2v) is 0. The Morgan fingerprint density at radius 1 is 0.750 bits per heavy atom. The van der Waals surface area contributed by atoms with E-state index in [1.165, 1.54) is 0 Å². The first-order valence-electron chi connectivity index (χ1n) is 0. The molecule has 0 spiro atoms. The molecule has 0 heterocycles. The van der Waals surface area contributed by atoms with Crippen molar-refractivity contribution in [2.24, 2.45) is 0 Å². The van der Waals surface area contributed by atoms with Crippen LogP contribution in [0.2, 0.25) is 0 Å². The van der Waals surface area contributed by atoms with Crippen molar-refractivity contribution in [3.8, 4) is 0 Å². The maximum absolute atomic E-state index is 0. The summed E-state index contributed by atoms with van der Waals surface area (Å²) in [6.07, 6.45) is 0. The molecule has 0 saturated heterocycles. The number of hydrogen-bond donors (Lipinski definition) is 0. The van der Waals surface area contributed by atoms with Crippen molar-refractivity contribution >= 4 is 0 Å². The van der Waals surface area contributed by atoms with E-state index < -0.39 is 0 Å². The summed E-state index contributed by atoms with van der Waals surface area (Å²) >= 11 is 0. The minimum atomic E-state index is 0. The van der Waals surface area contributed by atoms with Gasteiger partial charge >= 0.3 is 54.4 Å². The molecule has 0 aromatic rings. The third-order valence-electron chi connectivity index (χ3n) is 0. The minimum absolute atomic E-state index is 0. The van der Waals surface area contributed by atoms with E-state index in [0.29, 0.717) is 0 Å². The molecule has 4 heteroatoms. The Labute approximate surface area is 64.6 Å². The van der Waals surface area contributed by atoms with E-state index in [1.807, 2.05) is 0 Å². The first-order chi connectivity index (χ1) is 0. The van der Waals surface area contributed by atoms with E-state index in [2.05, 4.69) is 0 Å². The SMILES string of the molecule is [Er+3].[Fe+2].[O-2].[O-2]. The van der Waals surface area contributed by atoms with Crippen LogP contribution in [-0.4, -0.2) is 0 Å². The van der Waals surface area contributed by atoms with Crippen molar-refractivity contribution in [1.29, 1.82) is 0 Å². The summed E-state index contributed by atoms with van der Waals surface area (Å²) in [6, 6.07) is 0. The second-order valence-electron chi connectivity index (χ2n) is 0. The summed E-state index contributed by atoms with van der Waals surface area (Å²) < 4.78 is 0. The topological polar surface area (TPSA) is 57.0 Å². The van der Waals surface area contributed by atoms with Gasteiger partial charge in [-0.3, -0.25) is 0 Å². The molecule has 0 atom stereocenters. The van der Waals surface area contributed by atoms with Crippen LogP contribution in [0.4, 0.5) is 0 Å². The van der Waals surface area contributed by atoms with Gasteiger partial charge in [-0.15, -0.1) is 0 Å². The molecule has 0 amide bonds. The quantitative estimate of drug-likeness (QED) is 0.536. The zero-order chi connectivity index (χ0) is 0. The van der Waals surface area contributed by atoms with Crippen LogP contribution in [-0.2, 0) is 28.0 Å². The third-order valence-corrected chi connectivity index (χ3v) is 0. The standard InChI is InChI=1S/Er.Fe.2O/q+3;+2;2*-2. The van der Waals surface area contributed by atoms with Crippen molar-refractivity contribution < 1.29 is 65.3 Å². The Morgan fingerprint density at radius 2 is 0.750 bits per heavy atom. The third kappa shape index (κ3) is 9.35. The summed E-state index contributed by atoms with van der Waals surface area (Å²) in [6.45, 7) is 0.